The highest BCUT2D eigenvalue weighted by Crippen LogP contribution is 2.25. The van der Waals surface area contributed by atoms with Gasteiger partial charge in [0, 0.05) is 22.8 Å². The molecule has 110 valence electrons. The lowest BCUT2D eigenvalue weighted by Gasteiger charge is -2.13. The van der Waals surface area contributed by atoms with E-state index < -0.39 is 5.25 Å². The highest BCUT2D eigenvalue weighted by molar-refractivity contribution is 8.00. The third-order valence-electron chi connectivity index (χ3n) is 2.98. The molecule has 0 radical (unpaired) electrons. The van der Waals surface area contributed by atoms with Crippen LogP contribution in [0.4, 0.5) is 5.69 Å². The maximum Gasteiger partial charge on any atom is 0.252 e. The number of hydrogen-bond donors (Lipinski definition) is 1. The van der Waals surface area contributed by atoms with Crippen LogP contribution >= 0.6 is 23.4 Å². The Bertz CT molecular complexity index is 664. The van der Waals surface area contributed by atoms with Crippen molar-refractivity contribution in [2.75, 3.05) is 5.32 Å². The lowest BCUT2D eigenvalue weighted by molar-refractivity contribution is -0.645. The minimum atomic E-state index is -0.397. The number of halogens is 1. The van der Waals surface area contributed by atoms with Crippen LogP contribution in [-0.4, -0.2) is 11.2 Å². The van der Waals surface area contributed by atoms with E-state index in [1.807, 2.05) is 6.92 Å². The molecule has 0 spiro atoms. The van der Waals surface area contributed by atoms with Gasteiger partial charge >= 0.3 is 0 Å². The van der Waals surface area contributed by atoms with Gasteiger partial charge in [-0.2, -0.15) is 4.73 Å². The van der Waals surface area contributed by atoms with Crippen LogP contribution in [0.3, 0.4) is 0 Å². The van der Waals surface area contributed by atoms with Gasteiger partial charge in [0.15, 0.2) is 6.20 Å². The van der Waals surface area contributed by atoms with Crippen LogP contribution in [0, 0.1) is 12.1 Å². The van der Waals surface area contributed by atoms with Gasteiger partial charge in [-0.1, -0.05) is 17.7 Å². The number of amides is 1. The molecule has 0 bridgehead atoms. The van der Waals surface area contributed by atoms with Crippen molar-refractivity contribution < 1.29 is 9.52 Å². The molecule has 0 aliphatic heterocycles. The molecule has 0 fully saturated rings. The Hall–Kier alpha value is -1.72. The van der Waals surface area contributed by atoms with E-state index in [1.54, 1.807) is 43.3 Å². The Labute approximate surface area is 132 Å². The summed E-state index contributed by atoms with van der Waals surface area (Å²) in [6, 6.07) is 10.5. The van der Waals surface area contributed by atoms with Gasteiger partial charge in [0.05, 0.1) is 5.25 Å². The highest BCUT2D eigenvalue weighted by Gasteiger charge is 2.19. The minimum absolute atomic E-state index is 0.172. The standard InChI is InChI=1S/C15H15ClN2O2S/c1-10-12(16)6-5-7-13(10)17-15(19)11(2)21-14-8-3-4-9-18(14)20/h3-9,11H,1-2H3,(H,17,19). The number of benzene rings is 1. The maximum absolute atomic E-state index is 12.2. The minimum Gasteiger partial charge on any atom is -0.618 e. The Balaban J connectivity index is 2.06. The van der Waals surface area contributed by atoms with E-state index in [0.717, 1.165) is 10.3 Å². The van der Waals surface area contributed by atoms with Gasteiger partial charge in [-0.3, -0.25) is 4.79 Å². The molecule has 0 aliphatic rings. The quantitative estimate of drug-likeness (QED) is 0.533. The van der Waals surface area contributed by atoms with Crippen molar-refractivity contribution in [3.05, 3.63) is 58.4 Å². The molecule has 2 rings (SSSR count). The van der Waals surface area contributed by atoms with E-state index >= 15 is 0 Å². The van der Waals surface area contributed by atoms with Crippen molar-refractivity contribution in [2.24, 2.45) is 0 Å². The summed E-state index contributed by atoms with van der Waals surface area (Å²) in [7, 11) is 0. The molecule has 0 saturated carbocycles. The Kier molecular flexibility index (Phi) is 5.09. The van der Waals surface area contributed by atoms with Crippen molar-refractivity contribution in [2.45, 2.75) is 24.1 Å². The second-order valence-corrected chi connectivity index (χ2v) is 6.29. The number of anilines is 1. The molecule has 21 heavy (non-hydrogen) atoms. The molecule has 1 aromatic carbocycles. The number of nitrogens with zero attached hydrogens (tertiary/aromatic N) is 1. The Morgan fingerprint density at radius 3 is 2.81 bits per heavy atom. The molecule has 6 heteroatoms. The van der Waals surface area contributed by atoms with Crippen molar-refractivity contribution in [3.63, 3.8) is 0 Å². The second-order valence-electron chi connectivity index (χ2n) is 4.53. The van der Waals surface area contributed by atoms with Gasteiger partial charge in [-0.25, -0.2) is 0 Å². The van der Waals surface area contributed by atoms with E-state index in [2.05, 4.69) is 5.32 Å². The van der Waals surface area contributed by atoms with Gasteiger partial charge in [0.1, 0.15) is 0 Å². The first-order chi connectivity index (χ1) is 9.99. The fraction of sp³-hybridized carbons (Fsp3) is 0.200. The summed E-state index contributed by atoms with van der Waals surface area (Å²) in [5.41, 5.74) is 1.51. The summed E-state index contributed by atoms with van der Waals surface area (Å²) >= 11 is 7.24. The summed E-state index contributed by atoms with van der Waals surface area (Å²) in [5, 5.41) is 15.1. The van der Waals surface area contributed by atoms with E-state index in [0.29, 0.717) is 15.7 Å². The fourth-order valence-corrected chi connectivity index (χ4v) is 2.74. The lowest BCUT2D eigenvalue weighted by Crippen LogP contribution is -2.30. The van der Waals surface area contributed by atoms with Gasteiger partial charge in [0.2, 0.25) is 5.91 Å². The van der Waals surface area contributed by atoms with Crippen molar-refractivity contribution in [1.29, 1.82) is 0 Å². The van der Waals surface area contributed by atoms with Crippen LogP contribution < -0.4 is 10.0 Å². The van der Waals surface area contributed by atoms with Crippen LogP contribution in [0.1, 0.15) is 12.5 Å². The SMILES string of the molecule is Cc1c(Cl)cccc1NC(=O)C(C)Sc1cccc[n+]1[O-]. The molecule has 1 unspecified atom stereocenters. The van der Waals surface area contributed by atoms with Crippen molar-refractivity contribution in [1.82, 2.24) is 0 Å². The summed E-state index contributed by atoms with van der Waals surface area (Å²) in [6.07, 6.45) is 1.41. The van der Waals surface area contributed by atoms with Crippen LogP contribution in [0.5, 0.6) is 0 Å². The van der Waals surface area contributed by atoms with E-state index in [4.69, 9.17) is 11.6 Å². The van der Waals surface area contributed by atoms with Crippen molar-refractivity contribution in [3.8, 4) is 0 Å². The summed E-state index contributed by atoms with van der Waals surface area (Å²) in [5.74, 6) is -0.172. The molecule has 2 aromatic rings. The van der Waals surface area contributed by atoms with Crippen LogP contribution in [-0.2, 0) is 4.79 Å². The number of aromatic nitrogens is 1. The van der Waals surface area contributed by atoms with Crippen LogP contribution in [0.25, 0.3) is 0 Å². The zero-order chi connectivity index (χ0) is 15.4. The van der Waals surface area contributed by atoms with Gasteiger partial charge in [-0.15, -0.1) is 0 Å². The number of carbonyl (C=O) groups is 1. The van der Waals surface area contributed by atoms with Gasteiger partial charge < -0.3 is 10.5 Å². The normalized spacial score (nSPS) is 12.0. The summed E-state index contributed by atoms with van der Waals surface area (Å²) < 4.78 is 0.749. The molecule has 1 heterocycles. The first-order valence-corrected chi connectivity index (χ1v) is 7.65. The lowest BCUT2D eigenvalue weighted by atomic mass is 10.2. The molecule has 4 nitrogen and oxygen atoms in total. The Morgan fingerprint density at radius 1 is 1.33 bits per heavy atom. The number of pyridine rings is 1. The zero-order valence-electron chi connectivity index (χ0n) is 11.7. The second kappa shape index (κ2) is 6.83. The average Bonchev–Trinajstić information content (AvgIpc) is 2.46. The highest BCUT2D eigenvalue weighted by atomic mass is 35.5. The topological polar surface area (TPSA) is 56.0 Å². The molecule has 1 atom stereocenters. The number of rotatable bonds is 4. The van der Waals surface area contributed by atoms with E-state index in [-0.39, 0.29) is 5.91 Å². The third kappa shape index (κ3) is 3.89. The van der Waals surface area contributed by atoms with Gasteiger partial charge in [-0.05, 0) is 49.4 Å². The molecular formula is C15H15ClN2O2S. The zero-order valence-corrected chi connectivity index (χ0v) is 13.2. The largest absolute Gasteiger partial charge is 0.618 e. The predicted molar refractivity (Wildman–Crippen MR) is 85.5 cm³/mol. The average molecular weight is 323 g/mol. The number of hydrogen-bond acceptors (Lipinski definition) is 3. The molecule has 1 aromatic heterocycles. The smallest absolute Gasteiger partial charge is 0.252 e. The summed E-state index contributed by atoms with van der Waals surface area (Å²) in [6.45, 7) is 3.60. The number of carbonyl (C=O) groups excluding carboxylic acids is 1. The third-order valence-corrected chi connectivity index (χ3v) is 4.52. The van der Waals surface area contributed by atoms with Crippen LogP contribution in [0.15, 0.2) is 47.6 Å². The maximum atomic E-state index is 12.2. The number of nitrogens with one attached hydrogen (secondary N) is 1. The van der Waals surface area contributed by atoms with E-state index in [9.17, 15) is 10.0 Å². The summed E-state index contributed by atoms with van der Waals surface area (Å²) in [4.78, 5) is 12.2. The van der Waals surface area contributed by atoms with Crippen molar-refractivity contribution >= 4 is 35.0 Å². The van der Waals surface area contributed by atoms with E-state index in [1.165, 1.54) is 18.0 Å². The molecule has 0 aliphatic carbocycles. The number of thioether (sulfide) groups is 1. The molecule has 0 saturated heterocycles. The molecule has 1 amide bonds. The Morgan fingerprint density at radius 2 is 2.10 bits per heavy atom. The predicted octanol–water partition coefficient (Wildman–Crippen LogP) is 3.40. The van der Waals surface area contributed by atoms with Gasteiger partial charge in [0.25, 0.3) is 5.03 Å². The van der Waals surface area contributed by atoms with Crippen LogP contribution in [0.2, 0.25) is 5.02 Å². The fourth-order valence-electron chi connectivity index (χ4n) is 1.72. The first kappa shape index (κ1) is 15.7. The monoisotopic (exact) mass is 322 g/mol. The molecular weight excluding hydrogens is 308 g/mol. The first-order valence-electron chi connectivity index (χ1n) is 6.40. The molecule has 1 N–H and O–H groups in total.